The van der Waals surface area contributed by atoms with E-state index in [-0.39, 0.29) is 11.5 Å². The highest BCUT2D eigenvalue weighted by atomic mass is 35.5. The van der Waals surface area contributed by atoms with Crippen molar-refractivity contribution in [2.75, 3.05) is 5.73 Å². The molecule has 1 aromatic heterocycles. The van der Waals surface area contributed by atoms with E-state index in [1.807, 2.05) is 19.1 Å². The van der Waals surface area contributed by atoms with Crippen LogP contribution in [-0.4, -0.2) is 9.55 Å². The molecule has 0 amide bonds. The molecule has 3 aromatic rings. The van der Waals surface area contributed by atoms with Crippen LogP contribution in [0.15, 0.2) is 41.2 Å². The summed E-state index contributed by atoms with van der Waals surface area (Å²) in [5, 5.41) is 0.986. The number of nitrogen functional groups attached to an aromatic ring is 1. The first-order valence-corrected chi connectivity index (χ1v) is 7.35. The topological polar surface area (TPSA) is 60.9 Å². The van der Waals surface area contributed by atoms with Gasteiger partial charge < -0.3 is 5.73 Å². The predicted octanol–water partition coefficient (Wildman–Crippen LogP) is 3.30. The Hall–Kier alpha value is -2.33. The second-order valence-electron chi connectivity index (χ2n) is 5.44. The Bertz CT molecular complexity index is 931. The van der Waals surface area contributed by atoms with Crippen molar-refractivity contribution in [1.82, 2.24) is 9.55 Å². The zero-order valence-corrected chi connectivity index (χ0v) is 13.2. The number of nitrogens with zero attached hydrogens (tertiary/aromatic N) is 2. The van der Waals surface area contributed by atoms with Crippen LogP contribution in [0.25, 0.3) is 10.9 Å². The highest BCUT2D eigenvalue weighted by Crippen LogP contribution is 2.17. The minimum absolute atomic E-state index is 0.178. The van der Waals surface area contributed by atoms with Crippen LogP contribution in [0.4, 0.5) is 5.95 Å². The van der Waals surface area contributed by atoms with Gasteiger partial charge >= 0.3 is 0 Å². The highest BCUT2D eigenvalue weighted by Gasteiger charge is 2.10. The fourth-order valence-electron chi connectivity index (χ4n) is 2.45. The highest BCUT2D eigenvalue weighted by molar-refractivity contribution is 6.31. The fourth-order valence-corrected chi connectivity index (χ4v) is 2.62. The molecule has 0 unspecified atom stereocenters. The zero-order chi connectivity index (χ0) is 15.9. The Morgan fingerprint density at radius 2 is 1.91 bits per heavy atom. The Labute approximate surface area is 133 Å². The number of anilines is 1. The van der Waals surface area contributed by atoms with Gasteiger partial charge in [-0.3, -0.25) is 9.36 Å². The molecule has 112 valence electrons. The maximum atomic E-state index is 12.6. The summed E-state index contributed by atoms with van der Waals surface area (Å²) in [4.78, 5) is 16.9. The van der Waals surface area contributed by atoms with Crippen molar-refractivity contribution in [3.05, 3.63) is 68.5 Å². The summed E-state index contributed by atoms with van der Waals surface area (Å²) in [7, 11) is 0. The van der Waals surface area contributed by atoms with Gasteiger partial charge in [0, 0.05) is 5.02 Å². The number of nitrogens with two attached hydrogens (primary N) is 1. The third-order valence-corrected chi connectivity index (χ3v) is 4.09. The normalized spacial score (nSPS) is 11.0. The first kappa shape index (κ1) is 14.6. The number of hydrogen-bond acceptors (Lipinski definition) is 3. The van der Waals surface area contributed by atoms with E-state index in [1.165, 1.54) is 15.7 Å². The maximum absolute atomic E-state index is 12.6. The summed E-state index contributed by atoms with van der Waals surface area (Å²) in [6.45, 7) is 4.49. The van der Waals surface area contributed by atoms with Gasteiger partial charge in [-0.15, -0.1) is 0 Å². The van der Waals surface area contributed by atoms with Crippen LogP contribution in [0.3, 0.4) is 0 Å². The smallest absolute Gasteiger partial charge is 0.263 e. The molecule has 5 heteroatoms. The Morgan fingerprint density at radius 1 is 1.14 bits per heavy atom. The Morgan fingerprint density at radius 3 is 2.64 bits per heavy atom. The lowest BCUT2D eigenvalue weighted by Gasteiger charge is -2.11. The van der Waals surface area contributed by atoms with E-state index in [0.29, 0.717) is 22.5 Å². The van der Waals surface area contributed by atoms with Crippen molar-refractivity contribution >= 4 is 28.5 Å². The van der Waals surface area contributed by atoms with E-state index >= 15 is 0 Å². The van der Waals surface area contributed by atoms with Gasteiger partial charge in [0.25, 0.3) is 5.56 Å². The standard InChI is InChI=1S/C17H16ClN3O/c1-10-3-4-12(7-11(10)2)9-21-16(22)14-8-13(18)5-6-15(14)20-17(21)19/h3-8H,9H2,1-2H3,(H2,19,20). The van der Waals surface area contributed by atoms with E-state index in [2.05, 4.69) is 18.0 Å². The average Bonchev–Trinajstić information content (AvgIpc) is 2.48. The van der Waals surface area contributed by atoms with Crippen molar-refractivity contribution in [3.8, 4) is 0 Å². The molecule has 0 fully saturated rings. The SMILES string of the molecule is Cc1ccc(Cn2c(N)nc3ccc(Cl)cc3c2=O)cc1C. The van der Waals surface area contributed by atoms with E-state index in [0.717, 1.165) is 5.56 Å². The molecule has 0 radical (unpaired) electrons. The summed E-state index contributed by atoms with van der Waals surface area (Å²) in [5.74, 6) is 0.207. The first-order valence-electron chi connectivity index (χ1n) is 6.97. The minimum Gasteiger partial charge on any atom is -0.369 e. The summed E-state index contributed by atoms with van der Waals surface area (Å²) >= 11 is 5.97. The van der Waals surface area contributed by atoms with Crippen LogP contribution in [0.5, 0.6) is 0 Å². The van der Waals surface area contributed by atoms with Crippen molar-refractivity contribution in [2.45, 2.75) is 20.4 Å². The molecule has 0 bridgehead atoms. The lowest BCUT2D eigenvalue weighted by molar-refractivity contribution is 0.763. The van der Waals surface area contributed by atoms with Gasteiger partial charge in [0.2, 0.25) is 5.95 Å². The maximum Gasteiger partial charge on any atom is 0.263 e. The first-order chi connectivity index (χ1) is 10.5. The molecule has 4 nitrogen and oxygen atoms in total. The summed E-state index contributed by atoms with van der Waals surface area (Å²) in [6, 6.07) is 11.1. The second-order valence-corrected chi connectivity index (χ2v) is 5.88. The third kappa shape index (κ3) is 2.57. The number of benzene rings is 2. The Balaban J connectivity index is 2.14. The number of fused-ring (bicyclic) bond motifs is 1. The van der Waals surface area contributed by atoms with Crippen LogP contribution in [0, 0.1) is 13.8 Å². The fraction of sp³-hybridized carbons (Fsp3) is 0.176. The van der Waals surface area contributed by atoms with Crippen LogP contribution < -0.4 is 11.3 Å². The van der Waals surface area contributed by atoms with Crippen LogP contribution >= 0.6 is 11.6 Å². The monoisotopic (exact) mass is 313 g/mol. The van der Waals surface area contributed by atoms with Crippen molar-refractivity contribution < 1.29 is 0 Å². The second kappa shape index (κ2) is 5.46. The van der Waals surface area contributed by atoms with Crippen molar-refractivity contribution in [1.29, 1.82) is 0 Å². The molecule has 0 saturated carbocycles. The van der Waals surface area contributed by atoms with Crippen molar-refractivity contribution in [2.24, 2.45) is 0 Å². The van der Waals surface area contributed by atoms with Crippen molar-refractivity contribution in [3.63, 3.8) is 0 Å². The molecule has 22 heavy (non-hydrogen) atoms. The third-order valence-electron chi connectivity index (χ3n) is 3.86. The molecule has 0 aliphatic heterocycles. The molecule has 3 rings (SSSR count). The predicted molar refractivity (Wildman–Crippen MR) is 90.4 cm³/mol. The molecular weight excluding hydrogens is 298 g/mol. The zero-order valence-electron chi connectivity index (χ0n) is 12.4. The van der Waals surface area contributed by atoms with E-state index in [4.69, 9.17) is 17.3 Å². The largest absolute Gasteiger partial charge is 0.369 e. The molecule has 2 aromatic carbocycles. The van der Waals surface area contributed by atoms with Gasteiger partial charge in [-0.05, 0) is 48.7 Å². The quantitative estimate of drug-likeness (QED) is 0.789. The van der Waals surface area contributed by atoms with Gasteiger partial charge in [-0.2, -0.15) is 0 Å². The molecule has 2 N–H and O–H groups in total. The van der Waals surface area contributed by atoms with Crippen LogP contribution in [0.2, 0.25) is 5.02 Å². The number of halogens is 1. The lowest BCUT2D eigenvalue weighted by Crippen LogP contribution is -2.25. The molecule has 0 aliphatic carbocycles. The van der Waals surface area contributed by atoms with Gasteiger partial charge in [-0.25, -0.2) is 4.98 Å². The van der Waals surface area contributed by atoms with E-state index in [9.17, 15) is 4.79 Å². The van der Waals surface area contributed by atoms with E-state index < -0.39 is 0 Å². The lowest BCUT2D eigenvalue weighted by atomic mass is 10.1. The molecule has 0 aliphatic rings. The van der Waals surface area contributed by atoms with Gasteiger partial charge in [0.05, 0.1) is 17.4 Å². The number of hydrogen-bond donors (Lipinski definition) is 1. The van der Waals surface area contributed by atoms with Crippen LogP contribution in [0.1, 0.15) is 16.7 Å². The average molecular weight is 314 g/mol. The molecular formula is C17H16ClN3O. The number of aromatic nitrogens is 2. The molecule has 0 spiro atoms. The minimum atomic E-state index is -0.178. The molecule has 0 atom stereocenters. The number of aryl methyl sites for hydroxylation is 2. The van der Waals surface area contributed by atoms with E-state index in [1.54, 1.807) is 18.2 Å². The summed E-state index contributed by atoms with van der Waals surface area (Å²) in [5.41, 5.74) is 9.75. The summed E-state index contributed by atoms with van der Waals surface area (Å²) in [6.07, 6.45) is 0. The van der Waals surface area contributed by atoms with Gasteiger partial charge in [0.1, 0.15) is 0 Å². The van der Waals surface area contributed by atoms with Crippen LogP contribution in [-0.2, 0) is 6.54 Å². The number of rotatable bonds is 2. The van der Waals surface area contributed by atoms with Gasteiger partial charge in [-0.1, -0.05) is 29.8 Å². The van der Waals surface area contributed by atoms with Gasteiger partial charge in [0.15, 0.2) is 0 Å². The molecule has 0 saturated heterocycles. The molecule has 1 heterocycles. The summed E-state index contributed by atoms with van der Waals surface area (Å²) < 4.78 is 1.47. The Kier molecular flexibility index (Phi) is 3.62.